The predicted molar refractivity (Wildman–Crippen MR) is 75.4 cm³/mol. The van der Waals surface area contributed by atoms with Gasteiger partial charge in [-0.25, -0.2) is 0 Å². The van der Waals surface area contributed by atoms with E-state index in [0.717, 1.165) is 24.0 Å². The largest absolute Gasteiger partial charge is 0.295 e. The minimum atomic E-state index is 0.788. The Morgan fingerprint density at radius 3 is 3.12 bits per heavy atom. The molecule has 2 aliphatic rings. The number of fused-ring (bicyclic) bond motifs is 1. The van der Waals surface area contributed by atoms with Crippen LogP contribution in [-0.4, -0.2) is 23.7 Å². The van der Waals surface area contributed by atoms with E-state index in [0.29, 0.717) is 0 Å². The summed E-state index contributed by atoms with van der Waals surface area (Å²) in [6.45, 7) is 3.25. The molecule has 1 saturated heterocycles. The molecule has 0 aromatic heterocycles. The van der Waals surface area contributed by atoms with Crippen LogP contribution in [0, 0.1) is 5.92 Å². The molecule has 1 unspecified atom stereocenters. The Kier molecular flexibility index (Phi) is 3.46. The van der Waals surface area contributed by atoms with Crippen molar-refractivity contribution in [3.05, 3.63) is 45.8 Å². The summed E-state index contributed by atoms with van der Waals surface area (Å²) in [5, 5.41) is 0.892. The Hall–Kier alpha value is -0.440. The lowest BCUT2D eigenvalue weighted by atomic mass is 10.0. The van der Waals surface area contributed by atoms with Crippen LogP contribution in [0.1, 0.15) is 12.0 Å². The van der Waals surface area contributed by atoms with Crippen LogP contribution in [0.25, 0.3) is 0 Å². The fourth-order valence-electron chi connectivity index (χ4n) is 2.59. The third-order valence-electron chi connectivity index (χ3n) is 3.52. The molecular weight excluding hydrogens is 250 g/mol. The summed E-state index contributed by atoms with van der Waals surface area (Å²) in [7, 11) is 0. The molecule has 0 saturated carbocycles. The number of rotatable bonds is 2. The molecule has 3 heteroatoms. The van der Waals surface area contributed by atoms with Gasteiger partial charge in [-0.05, 0) is 28.7 Å². The minimum absolute atomic E-state index is 0.788. The van der Waals surface area contributed by atoms with Crippen LogP contribution < -0.4 is 0 Å². The van der Waals surface area contributed by atoms with Crippen molar-refractivity contribution in [3.8, 4) is 0 Å². The topological polar surface area (TPSA) is 3.24 Å². The minimum Gasteiger partial charge on any atom is -0.295 e. The molecule has 1 fully saturated rings. The highest BCUT2D eigenvalue weighted by molar-refractivity contribution is 8.03. The average Bonchev–Trinajstić information content (AvgIpc) is 2.79. The first-order valence-electron chi connectivity index (χ1n) is 6.11. The fraction of sp³-hybridized carbons (Fsp3) is 0.429. The van der Waals surface area contributed by atoms with Crippen LogP contribution in [0.2, 0.25) is 5.02 Å². The van der Waals surface area contributed by atoms with Crippen molar-refractivity contribution in [3.63, 3.8) is 0 Å². The smallest absolute Gasteiger partial charge is 0.0451 e. The third-order valence-corrected chi connectivity index (χ3v) is 5.16. The Morgan fingerprint density at radius 2 is 2.24 bits per heavy atom. The van der Waals surface area contributed by atoms with Crippen molar-refractivity contribution in [2.45, 2.75) is 13.0 Å². The maximum atomic E-state index is 6.21. The number of hydrogen-bond acceptors (Lipinski definition) is 2. The molecule has 2 heterocycles. The van der Waals surface area contributed by atoms with Crippen LogP contribution in [0.15, 0.2) is 35.2 Å². The zero-order valence-corrected chi connectivity index (χ0v) is 11.3. The molecule has 1 atom stereocenters. The van der Waals surface area contributed by atoms with Gasteiger partial charge in [0, 0.05) is 30.6 Å². The van der Waals surface area contributed by atoms with E-state index in [9.17, 15) is 0 Å². The van der Waals surface area contributed by atoms with Crippen molar-refractivity contribution in [1.29, 1.82) is 0 Å². The number of halogens is 1. The summed E-state index contributed by atoms with van der Waals surface area (Å²) in [4.78, 5) is 4.13. The third kappa shape index (κ3) is 2.54. The molecule has 0 spiro atoms. The quantitative estimate of drug-likeness (QED) is 0.800. The Morgan fingerprint density at radius 1 is 1.35 bits per heavy atom. The lowest BCUT2D eigenvalue weighted by Crippen LogP contribution is -2.32. The first kappa shape index (κ1) is 11.6. The molecule has 90 valence electrons. The second-order valence-electron chi connectivity index (χ2n) is 4.73. The number of benzene rings is 1. The van der Waals surface area contributed by atoms with Gasteiger partial charge in [-0.15, -0.1) is 11.8 Å². The normalized spacial score (nSPS) is 24.5. The van der Waals surface area contributed by atoms with Crippen molar-refractivity contribution in [2.75, 3.05) is 18.8 Å². The Labute approximate surface area is 112 Å². The van der Waals surface area contributed by atoms with Gasteiger partial charge in [0.2, 0.25) is 0 Å². The van der Waals surface area contributed by atoms with E-state index in [4.69, 9.17) is 11.6 Å². The molecule has 2 aliphatic heterocycles. The molecule has 17 heavy (non-hydrogen) atoms. The van der Waals surface area contributed by atoms with Gasteiger partial charge in [0.1, 0.15) is 0 Å². The Balaban J connectivity index is 1.70. The van der Waals surface area contributed by atoms with Crippen molar-refractivity contribution >= 4 is 23.4 Å². The van der Waals surface area contributed by atoms with Gasteiger partial charge >= 0.3 is 0 Å². The zero-order chi connectivity index (χ0) is 11.7. The molecule has 3 rings (SSSR count). The predicted octanol–water partition coefficient (Wildman–Crippen LogP) is 3.79. The van der Waals surface area contributed by atoms with Gasteiger partial charge in [0.15, 0.2) is 0 Å². The van der Waals surface area contributed by atoms with E-state index in [1.165, 1.54) is 24.3 Å². The molecule has 0 radical (unpaired) electrons. The highest BCUT2D eigenvalue weighted by Gasteiger charge is 2.27. The summed E-state index contributed by atoms with van der Waals surface area (Å²) < 4.78 is 0. The number of nitrogens with zero attached hydrogens (tertiary/aromatic N) is 1. The standard InChI is InChI=1S/C14H16ClNS/c15-13-4-2-1-3-11(13)9-16-7-5-14-12(10-16)6-8-17-14/h1-5,12H,6-10H2. The first-order valence-corrected chi connectivity index (χ1v) is 7.48. The molecule has 0 amide bonds. The van der Waals surface area contributed by atoms with Crippen molar-refractivity contribution in [2.24, 2.45) is 5.92 Å². The summed E-state index contributed by atoms with van der Waals surface area (Å²) in [6.07, 6.45) is 3.75. The maximum absolute atomic E-state index is 6.21. The number of thioether (sulfide) groups is 1. The molecule has 0 bridgehead atoms. The van der Waals surface area contributed by atoms with E-state index in [-0.39, 0.29) is 0 Å². The van der Waals surface area contributed by atoms with E-state index in [1.54, 1.807) is 4.91 Å². The number of hydrogen-bond donors (Lipinski definition) is 0. The molecule has 1 nitrogen and oxygen atoms in total. The first-order chi connectivity index (χ1) is 8.33. The fourth-order valence-corrected chi connectivity index (χ4v) is 4.04. The summed E-state index contributed by atoms with van der Waals surface area (Å²) in [5.74, 6) is 2.09. The molecule has 0 aliphatic carbocycles. The van der Waals surface area contributed by atoms with Gasteiger partial charge in [-0.3, -0.25) is 4.90 Å². The van der Waals surface area contributed by atoms with Gasteiger partial charge in [0.05, 0.1) is 0 Å². The highest BCUT2D eigenvalue weighted by atomic mass is 35.5. The second kappa shape index (κ2) is 5.05. The molecule has 1 aromatic rings. The van der Waals surface area contributed by atoms with Crippen LogP contribution in [0.3, 0.4) is 0 Å². The Bertz CT molecular complexity index is 444. The van der Waals surface area contributed by atoms with Gasteiger partial charge in [0.25, 0.3) is 0 Å². The lowest BCUT2D eigenvalue weighted by molar-refractivity contribution is 0.249. The van der Waals surface area contributed by atoms with Crippen LogP contribution in [-0.2, 0) is 6.54 Å². The van der Waals surface area contributed by atoms with Crippen molar-refractivity contribution in [1.82, 2.24) is 4.90 Å². The molecular formula is C14H16ClNS. The van der Waals surface area contributed by atoms with Crippen LogP contribution in [0.4, 0.5) is 0 Å². The van der Waals surface area contributed by atoms with Gasteiger partial charge in [-0.1, -0.05) is 35.9 Å². The SMILES string of the molecule is Clc1ccccc1CN1CC=C2SCCC2C1. The maximum Gasteiger partial charge on any atom is 0.0451 e. The molecule has 0 N–H and O–H groups in total. The monoisotopic (exact) mass is 265 g/mol. The summed E-state index contributed by atoms with van der Waals surface area (Å²) in [5.41, 5.74) is 1.25. The molecule has 1 aromatic carbocycles. The average molecular weight is 266 g/mol. The van der Waals surface area contributed by atoms with Crippen LogP contribution in [0.5, 0.6) is 0 Å². The van der Waals surface area contributed by atoms with E-state index in [2.05, 4.69) is 23.1 Å². The highest BCUT2D eigenvalue weighted by Crippen LogP contribution is 2.39. The summed E-state index contributed by atoms with van der Waals surface area (Å²) in [6, 6.07) is 8.17. The van der Waals surface area contributed by atoms with E-state index < -0.39 is 0 Å². The van der Waals surface area contributed by atoms with Crippen molar-refractivity contribution < 1.29 is 0 Å². The lowest BCUT2D eigenvalue weighted by Gasteiger charge is -2.29. The second-order valence-corrected chi connectivity index (χ2v) is 6.30. The van der Waals surface area contributed by atoms with Gasteiger partial charge in [-0.2, -0.15) is 0 Å². The van der Waals surface area contributed by atoms with E-state index in [1.807, 2.05) is 23.9 Å². The van der Waals surface area contributed by atoms with Crippen LogP contribution >= 0.6 is 23.4 Å². The van der Waals surface area contributed by atoms with Gasteiger partial charge < -0.3 is 0 Å². The summed E-state index contributed by atoms with van der Waals surface area (Å²) >= 11 is 8.25. The zero-order valence-electron chi connectivity index (χ0n) is 9.73. The van der Waals surface area contributed by atoms with E-state index >= 15 is 0 Å².